The van der Waals surface area contributed by atoms with E-state index >= 15 is 0 Å². The standard InChI is InChI=1S/C16H32N2O/c1-4-14-12-17-16(3,5-2)13-18(14)10-9-15-8-6-7-11-19-15/h14-15,17H,4-13H2,1-3H3. The van der Waals surface area contributed by atoms with Crippen LogP contribution >= 0.6 is 0 Å². The van der Waals surface area contributed by atoms with Gasteiger partial charge in [-0.1, -0.05) is 13.8 Å². The minimum Gasteiger partial charge on any atom is -0.378 e. The Morgan fingerprint density at radius 3 is 2.79 bits per heavy atom. The van der Waals surface area contributed by atoms with E-state index < -0.39 is 0 Å². The summed E-state index contributed by atoms with van der Waals surface area (Å²) in [5.41, 5.74) is 0.305. The molecule has 112 valence electrons. The summed E-state index contributed by atoms with van der Waals surface area (Å²) in [6.07, 6.45) is 8.09. The number of nitrogens with zero attached hydrogens (tertiary/aromatic N) is 1. The monoisotopic (exact) mass is 268 g/mol. The third-order valence-electron chi connectivity index (χ3n) is 5.10. The first-order valence-corrected chi connectivity index (χ1v) is 8.27. The molecule has 3 atom stereocenters. The second-order valence-electron chi connectivity index (χ2n) is 6.60. The van der Waals surface area contributed by atoms with Gasteiger partial charge >= 0.3 is 0 Å². The molecule has 0 radical (unpaired) electrons. The van der Waals surface area contributed by atoms with Gasteiger partial charge in [0.05, 0.1) is 6.10 Å². The Bertz CT molecular complexity index is 265. The fourth-order valence-corrected chi connectivity index (χ4v) is 3.37. The SMILES string of the molecule is CCC1CNC(C)(CC)CN1CCC1CCCCO1. The summed E-state index contributed by atoms with van der Waals surface area (Å²) in [6.45, 7) is 11.5. The molecule has 3 unspecified atom stereocenters. The van der Waals surface area contributed by atoms with Gasteiger partial charge in [-0.15, -0.1) is 0 Å². The Morgan fingerprint density at radius 2 is 2.16 bits per heavy atom. The van der Waals surface area contributed by atoms with Crippen LogP contribution in [0.15, 0.2) is 0 Å². The third-order valence-corrected chi connectivity index (χ3v) is 5.10. The molecule has 19 heavy (non-hydrogen) atoms. The van der Waals surface area contributed by atoms with E-state index in [1.165, 1.54) is 51.6 Å². The van der Waals surface area contributed by atoms with E-state index in [0.717, 1.165) is 13.2 Å². The van der Waals surface area contributed by atoms with Crippen molar-refractivity contribution < 1.29 is 4.74 Å². The zero-order chi connectivity index (χ0) is 13.7. The van der Waals surface area contributed by atoms with Crippen LogP contribution in [-0.2, 0) is 4.74 Å². The molecule has 0 aliphatic carbocycles. The molecule has 3 heteroatoms. The van der Waals surface area contributed by atoms with Crippen LogP contribution in [0.1, 0.15) is 59.3 Å². The molecule has 2 rings (SSSR count). The van der Waals surface area contributed by atoms with Crippen molar-refractivity contribution in [3.05, 3.63) is 0 Å². The zero-order valence-corrected chi connectivity index (χ0v) is 13.1. The topological polar surface area (TPSA) is 24.5 Å². The highest BCUT2D eigenvalue weighted by Gasteiger charge is 2.33. The van der Waals surface area contributed by atoms with Crippen molar-refractivity contribution in [1.29, 1.82) is 0 Å². The predicted octanol–water partition coefficient (Wildman–Crippen LogP) is 2.80. The fraction of sp³-hybridized carbons (Fsp3) is 1.00. The molecular formula is C16H32N2O. The highest BCUT2D eigenvalue weighted by molar-refractivity contribution is 4.94. The summed E-state index contributed by atoms with van der Waals surface area (Å²) < 4.78 is 5.87. The quantitative estimate of drug-likeness (QED) is 0.830. The Balaban J connectivity index is 1.83. The molecule has 0 bridgehead atoms. The van der Waals surface area contributed by atoms with Crippen LogP contribution in [0.5, 0.6) is 0 Å². The van der Waals surface area contributed by atoms with Crippen molar-refractivity contribution in [3.8, 4) is 0 Å². The lowest BCUT2D eigenvalue weighted by Gasteiger charge is -2.46. The van der Waals surface area contributed by atoms with E-state index in [2.05, 4.69) is 31.0 Å². The van der Waals surface area contributed by atoms with Crippen molar-refractivity contribution in [2.45, 2.75) is 77.0 Å². The van der Waals surface area contributed by atoms with Gasteiger partial charge in [-0.05, 0) is 45.4 Å². The number of hydrogen-bond donors (Lipinski definition) is 1. The maximum absolute atomic E-state index is 5.87. The lowest BCUT2D eigenvalue weighted by atomic mass is 9.92. The smallest absolute Gasteiger partial charge is 0.0587 e. The van der Waals surface area contributed by atoms with Crippen molar-refractivity contribution in [2.75, 3.05) is 26.2 Å². The third kappa shape index (κ3) is 4.17. The van der Waals surface area contributed by atoms with E-state index in [1.807, 2.05) is 0 Å². The van der Waals surface area contributed by atoms with E-state index in [4.69, 9.17) is 4.74 Å². The minimum atomic E-state index is 0.305. The van der Waals surface area contributed by atoms with Crippen molar-refractivity contribution in [3.63, 3.8) is 0 Å². The second kappa shape index (κ2) is 7.05. The van der Waals surface area contributed by atoms with Crippen LogP contribution in [0, 0.1) is 0 Å². The van der Waals surface area contributed by atoms with Gasteiger partial charge in [-0.2, -0.15) is 0 Å². The van der Waals surface area contributed by atoms with Gasteiger partial charge in [0.15, 0.2) is 0 Å². The number of hydrogen-bond acceptors (Lipinski definition) is 3. The van der Waals surface area contributed by atoms with E-state index in [-0.39, 0.29) is 0 Å². The highest BCUT2D eigenvalue weighted by atomic mass is 16.5. The number of rotatable bonds is 5. The Hall–Kier alpha value is -0.120. The number of piperazine rings is 1. The second-order valence-corrected chi connectivity index (χ2v) is 6.60. The van der Waals surface area contributed by atoms with Gasteiger partial charge in [0, 0.05) is 37.8 Å². The van der Waals surface area contributed by atoms with Crippen molar-refractivity contribution >= 4 is 0 Å². The van der Waals surface area contributed by atoms with Gasteiger partial charge in [0.1, 0.15) is 0 Å². The van der Waals surface area contributed by atoms with Crippen LogP contribution in [0.3, 0.4) is 0 Å². The van der Waals surface area contributed by atoms with Crippen molar-refractivity contribution in [1.82, 2.24) is 10.2 Å². The molecule has 2 saturated heterocycles. The number of ether oxygens (including phenoxy) is 1. The predicted molar refractivity (Wildman–Crippen MR) is 80.6 cm³/mol. The molecule has 0 amide bonds. The summed E-state index contributed by atoms with van der Waals surface area (Å²) in [4.78, 5) is 2.71. The van der Waals surface area contributed by atoms with Gasteiger partial charge in [-0.25, -0.2) is 0 Å². The van der Waals surface area contributed by atoms with E-state index in [1.54, 1.807) is 0 Å². The summed E-state index contributed by atoms with van der Waals surface area (Å²) in [7, 11) is 0. The summed E-state index contributed by atoms with van der Waals surface area (Å²) in [5.74, 6) is 0. The molecule has 0 saturated carbocycles. The molecule has 0 aromatic rings. The Morgan fingerprint density at radius 1 is 1.32 bits per heavy atom. The Labute approximate surface area is 119 Å². The molecule has 1 N–H and O–H groups in total. The fourth-order valence-electron chi connectivity index (χ4n) is 3.37. The van der Waals surface area contributed by atoms with E-state index in [0.29, 0.717) is 17.7 Å². The van der Waals surface area contributed by atoms with Gasteiger partial charge in [0.25, 0.3) is 0 Å². The molecule has 0 spiro atoms. The molecule has 2 fully saturated rings. The maximum atomic E-state index is 5.87. The molecule has 3 nitrogen and oxygen atoms in total. The van der Waals surface area contributed by atoms with Gasteiger partial charge < -0.3 is 10.1 Å². The maximum Gasteiger partial charge on any atom is 0.0587 e. The Kier molecular flexibility index (Phi) is 5.67. The van der Waals surface area contributed by atoms with Crippen LogP contribution in [0.4, 0.5) is 0 Å². The van der Waals surface area contributed by atoms with Crippen LogP contribution in [-0.4, -0.2) is 48.8 Å². The van der Waals surface area contributed by atoms with E-state index in [9.17, 15) is 0 Å². The lowest BCUT2D eigenvalue weighted by Crippen LogP contribution is -2.62. The lowest BCUT2D eigenvalue weighted by molar-refractivity contribution is -0.00423. The van der Waals surface area contributed by atoms with Crippen molar-refractivity contribution in [2.24, 2.45) is 0 Å². The molecule has 2 heterocycles. The summed E-state index contributed by atoms with van der Waals surface area (Å²) in [5, 5.41) is 3.74. The van der Waals surface area contributed by atoms with Gasteiger partial charge in [0.2, 0.25) is 0 Å². The number of nitrogens with one attached hydrogen (secondary N) is 1. The largest absolute Gasteiger partial charge is 0.378 e. The first kappa shape index (κ1) is 15.3. The highest BCUT2D eigenvalue weighted by Crippen LogP contribution is 2.22. The average molecular weight is 268 g/mol. The van der Waals surface area contributed by atoms with Crippen LogP contribution in [0.2, 0.25) is 0 Å². The first-order valence-electron chi connectivity index (χ1n) is 8.27. The van der Waals surface area contributed by atoms with Gasteiger partial charge in [-0.3, -0.25) is 4.90 Å². The zero-order valence-electron chi connectivity index (χ0n) is 13.1. The molecule has 2 aliphatic heterocycles. The van der Waals surface area contributed by atoms with Crippen LogP contribution < -0.4 is 5.32 Å². The van der Waals surface area contributed by atoms with Crippen LogP contribution in [0.25, 0.3) is 0 Å². The molecule has 0 aromatic carbocycles. The molecule has 0 aromatic heterocycles. The average Bonchev–Trinajstić information content (AvgIpc) is 2.46. The minimum absolute atomic E-state index is 0.305. The molecule has 2 aliphatic rings. The first-order chi connectivity index (χ1) is 9.17. The summed E-state index contributed by atoms with van der Waals surface area (Å²) >= 11 is 0. The normalized spacial score (nSPS) is 37.4. The summed E-state index contributed by atoms with van der Waals surface area (Å²) in [6, 6.07) is 0.711. The molecular weight excluding hydrogens is 236 g/mol.